The number of aryl methyl sites for hydroxylation is 1. The van der Waals surface area contributed by atoms with Crippen LogP contribution in [0.15, 0.2) is 42.9 Å². The molecule has 8 nitrogen and oxygen atoms in total. The van der Waals surface area contributed by atoms with Gasteiger partial charge in [0.05, 0.1) is 22.6 Å². The number of benzene rings is 1. The van der Waals surface area contributed by atoms with Crippen LogP contribution in [-0.2, 0) is 7.05 Å². The highest BCUT2D eigenvalue weighted by atomic mass is 35.5. The van der Waals surface area contributed by atoms with Crippen molar-refractivity contribution in [2.45, 2.75) is 25.7 Å². The van der Waals surface area contributed by atoms with Crippen LogP contribution >= 0.6 is 11.6 Å². The number of aromatic nitrogens is 5. The molecule has 0 radical (unpaired) electrons. The molecule has 0 amide bonds. The first-order chi connectivity index (χ1) is 16.0. The van der Waals surface area contributed by atoms with Crippen molar-refractivity contribution < 1.29 is 4.79 Å². The summed E-state index contributed by atoms with van der Waals surface area (Å²) in [5, 5.41) is 8.10. The van der Waals surface area contributed by atoms with Crippen molar-refractivity contribution in [1.82, 2.24) is 24.1 Å². The van der Waals surface area contributed by atoms with E-state index in [-0.39, 0.29) is 5.78 Å². The lowest BCUT2D eigenvalue weighted by Gasteiger charge is -2.12. The van der Waals surface area contributed by atoms with Gasteiger partial charge in [0, 0.05) is 43.5 Å². The summed E-state index contributed by atoms with van der Waals surface area (Å²) in [4.78, 5) is 22.0. The molecule has 1 aliphatic carbocycles. The van der Waals surface area contributed by atoms with Gasteiger partial charge >= 0.3 is 0 Å². The van der Waals surface area contributed by atoms with Crippen molar-refractivity contribution in [2.24, 2.45) is 18.7 Å². The molecule has 3 heterocycles. The number of rotatable bonds is 9. The SMILES string of the molecule is Cn1nccc1-c1cn2c(-c3ccc(C(=O)CC4CC4)c(Cl)c3)cnc2c(NCCCN)n1. The summed E-state index contributed by atoms with van der Waals surface area (Å²) < 4.78 is 3.78. The van der Waals surface area contributed by atoms with Crippen molar-refractivity contribution in [3.63, 3.8) is 0 Å². The first kappa shape index (κ1) is 21.6. The van der Waals surface area contributed by atoms with Gasteiger partial charge < -0.3 is 11.1 Å². The van der Waals surface area contributed by atoms with Gasteiger partial charge in [-0.25, -0.2) is 9.97 Å². The second-order valence-electron chi connectivity index (χ2n) is 8.49. The standard InChI is InChI=1S/C24H26ClN7O/c1-31-20(7-10-29-31)19-14-32-21(13-28-24(32)23(30-19)27-9-2-8-26)16-5-6-17(18(25)12-16)22(33)11-15-3-4-15/h5-7,10,12-15H,2-4,8-9,11,26H2,1H3,(H,27,30). The fourth-order valence-corrected chi connectivity index (χ4v) is 4.26. The van der Waals surface area contributed by atoms with E-state index in [0.717, 1.165) is 41.9 Å². The third-order valence-corrected chi connectivity index (χ3v) is 6.30. The van der Waals surface area contributed by atoms with Crippen LogP contribution < -0.4 is 11.1 Å². The minimum atomic E-state index is 0.112. The smallest absolute Gasteiger partial charge is 0.180 e. The predicted octanol–water partition coefficient (Wildman–Crippen LogP) is 4.19. The summed E-state index contributed by atoms with van der Waals surface area (Å²) in [5.41, 5.74) is 10.3. The number of imidazole rings is 1. The number of Topliss-reactive ketones (excluding diaryl/α,β-unsaturated/α-hetero) is 1. The van der Waals surface area contributed by atoms with Crippen LogP contribution in [0.25, 0.3) is 28.3 Å². The van der Waals surface area contributed by atoms with Gasteiger partial charge in [0.1, 0.15) is 5.69 Å². The average Bonchev–Trinajstić information content (AvgIpc) is 3.34. The molecule has 0 saturated heterocycles. The fourth-order valence-electron chi connectivity index (χ4n) is 3.97. The van der Waals surface area contributed by atoms with Gasteiger partial charge in [-0.05, 0) is 49.9 Å². The maximum atomic E-state index is 12.6. The van der Waals surface area contributed by atoms with Crippen LogP contribution in [0.5, 0.6) is 0 Å². The summed E-state index contributed by atoms with van der Waals surface area (Å²) in [6.45, 7) is 1.29. The first-order valence-corrected chi connectivity index (χ1v) is 11.6. The number of hydrogen-bond acceptors (Lipinski definition) is 6. The lowest BCUT2D eigenvalue weighted by atomic mass is 10.0. The Morgan fingerprint density at radius 1 is 1.27 bits per heavy atom. The van der Waals surface area contributed by atoms with E-state index < -0.39 is 0 Å². The predicted molar refractivity (Wildman–Crippen MR) is 129 cm³/mol. The molecule has 170 valence electrons. The highest BCUT2D eigenvalue weighted by Crippen LogP contribution is 2.35. The lowest BCUT2D eigenvalue weighted by molar-refractivity contribution is 0.0976. The summed E-state index contributed by atoms with van der Waals surface area (Å²) >= 11 is 6.55. The van der Waals surface area contributed by atoms with Crippen LogP contribution in [0.1, 0.15) is 36.0 Å². The molecule has 0 unspecified atom stereocenters. The van der Waals surface area contributed by atoms with E-state index in [4.69, 9.17) is 22.3 Å². The molecule has 1 aliphatic rings. The number of carbonyl (C=O) groups is 1. The number of nitrogens with zero attached hydrogens (tertiary/aromatic N) is 5. The normalized spacial score (nSPS) is 13.5. The van der Waals surface area contributed by atoms with Crippen LogP contribution in [0, 0.1) is 5.92 Å². The zero-order valence-corrected chi connectivity index (χ0v) is 19.2. The zero-order valence-electron chi connectivity index (χ0n) is 18.5. The molecule has 0 atom stereocenters. The number of halogens is 1. The highest BCUT2D eigenvalue weighted by molar-refractivity contribution is 6.34. The van der Waals surface area contributed by atoms with Gasteiger partial charge in [-0.15, -0.1) is 0 Å². The first-order valence-electron chi connectivity index (χ1n) is 11.2. The van der Waals surface area contributed by atoms with Crippen LogP contribution in [-0.4, -0.2) is 43.0 Å². The Kier molecular flexibility index (Phi) is 5.86. The maximum Gasteiger partial charge on any atom is 0.180 e. The molecule has 5 rings (SSSR count). The van der Waals surface area contributed by atoms with Gasteiger partial charge in [0.2, 0.25) is 0 Å². The van der Waals surface area contributed by atoms with Gasteiger partial charge in [-0.1, -0.05) is 17.7 Å². The number of ketones is 1. The van der Waals surface area contributed by atoms with Crippen molar-refractivity contribution in [3.05, 3.63) is 53.4 Å². The number of carbonyl (C=O) groups excluding carboxylic acids is 1. The van der Waals surface area contributed by atoms with Crippen LogP contribution in [0.2, 0.25) is 5.02 Å². The van der Waals surface area contributed by atoms with E-state index in [1.54, 1.807) is 17.1 Å². The third-order valence-electron chi connectivity index (χ3n) is 5.99. The van der Waals surface area contributed by atoms with E-state index in [0.29, 0.717) is 47.5 Å². The minimum Gasteiger partial charge on any atom is -0.367 e. The number of anilines is 1. The number of fused-ring (bicyclic) bond motifs is 1. The average molecular weight is 464 g/mol. The van der Waals surface area contributed by atoms with E-state index in [1.807, 2.05) is 41.9 Å². The quantitative estimate of drug-likeness (QED) is 0.285. The summed E-state index contributed by atoms with van der Waals surface area (Å²) in [6, 6.07) is 7.52. The Morgan fingerprint density at radius 3 is 2.82 bits per heavy atom. The van der Waals surface area contributed by atoms with E-state index in [2.05, 4.69) is 15.4 Å². The van der Waals surface area contributed by atoms with Crippen molar-refractivity contribution >= 4 is 28.8 Å². The Morgan fingerprint density at radius 2 is 2.12 bits per heavy atom. The lowest BCUT2D eigenvalue weighted by Crippen LogP contribution is -2.11. The van der Waals surface area contributed by atoms with Crippen molar-refractivity contribution in [3.8, 4) is 22.6 Å². The molecule has 1 fully saturated rings. The van der Waals surface area contributed by atoms with E-state index in [9.17, 15) is 4.79 Å². The molecule has 0 aliphatic heterocycles. The molecular weight excluding hydrogens is 438 g/mol. The van der Waals surface area contributed by atoms with Gasteiger partial charge in [-0.3, -0.25) is 13.9 Å². The summed E-state index contributed by atoms with van der Waals surface area (Å²) in [7, 11) is 1.88. The van der Waals surface area contributed by atoms with E-state index in [1.165, 1.54) is 0 Å². The van der Waals surface area contributed by atoms with Crippen LogP contribution in [0.3, 0.4) is 0 Å². The fraction of sp³-hybridized carbons (Fsp3) is 0.333. The molecule has 9 heteroatoms. The number of nitrogens with one attached hydrogen (secondary N) is 1. The zero-order chi connectivity index (χ0) is 22.9. The van der Waals surface area contributed by atoms with Gasteiger partial charge in [0.15, 0.2) is 17.2 Å². The second kappa shape index (κ2) is 8.96. The Balaban J connectivity index is 1.57. The molecule has 1 saturated carbocycles. The topological polar surface area (TPSA) is 103 Å². The Hall–Kier alpha value is -3.23. The van der Waals surface area contributed by atoms with Crippen molar-refractivity contribution in [1.29, 1.82) is 0 Å². The molecular formula is C24H26ClN7O. The Bertz CT molecular complexity index is 1320. The molecule has 33 heavy (non-hydrogen) atoms. The highest BCUT2D eigenvalue weighted by Gasteiger charge is 2.26. The number of nitrogens with two attached hydrogens (primary N) is 1. The summed E-state index contributed by atoms with van der Waals surface area (Å²) in [6.07, 6.45) is 9.17. The monoisotopic (exact) mass is 463 g/mol. The maximum absolute atomic E-state index is 12.6. The van der Waals surface area contributed by atoms with E-state index >= 15 is 0 Å². The second-order valence-corrected chi connectivity index (χ2v) is 8.89. The minimum absolute atomic E-state index is 0.112. The molecule has 1 aromatic carbocycles. The molecule has 3 N–H and O–H groups in total. The number of hydrogen-bond donors (Lipinski definition) is 2. The third kappa shape index (κ3) is 4.36. The molecule has 0 spiro atoms. The molecule has 4 aromatic rings. The van der Waals surface area contributed by atoms with Gasteiger partial charge in [0.25, 0.3) is 0 Å². The van der Waals surface area contributed by atoms with Crippen LogP contribution in [0.4, 0.5) is 5.82 Å². The largest absolute Gasteiger partial charge is 0.367 e. The molecule has 0 bridgehead atoms. The molecule has 3 aromatic heterocycles. The Labute approximate surface area is 196 Å². The van der Waals surface area contributed by atoms with Crippen molar-refractivity contribution in [2.75, 3.05) is 18.4 Å². The summed E-state index contributed by atoms with van der Waals surface area (Å²) in [5.74, 6) is 1.31. The van der Waals surface area contributed by atoms with Gasteiger partial charge in [-0.2, -0.15) is 5.10 Å².